The molecular formula is C17H17F3N6O2. The van der Waals surface area contributed by atoms with Gasteiger partial charge in [0.25, 0.3) is 0 Å². The van der Waals surface area contributed by atoms with Crippen LogP contribution in [0, 0.1) is 0 Å². The van der Waals surface area contributed by atoms with E-state index in [1.54, 1.807) is 31.4 Å². The number of anilines is 1. The fourth-order valence-corrected chi connectivity index (χ4v) is 3.28. The number of aliphatic hydroxyl groups is 1. The molecule has 4 rings (SSSR count). The highest BCUT2D eigenvalue weighted by Gasteiger charge is 2.57. The van der Waals surface area contributed by atoms with Gasteiger partial charge in [0.05, 0.1) is 19.0 Å². The normalized spacial score (nSPS) is 22.5. The minimum absolute atomic E-state index is 0.154. The summed E-state index contributed by atoms with van der Waals surface area (Å²) in [6.07, 6.45) is -3.86. The van der Waals surface area contributed by atoms with Crippen molar-refractivity contribution >= 4 is 17.1 Å². The third kappa shape index (κ3) is 3.21. The molecule has 0 radical (unpaired) electrons. The average Bonchev–Trinajstić information content (AvgIpc) is 3.26. The third-order valence-corrected chi connectivity index (χ3v) is 4.86. The smallest absolute Gasteiger partial charge is 0.417 e. The topological polar surface area (TPSA) is 98.0 Å². The molecule has 1 saturated carbocycles. The number of nitrogens with one attached hydrogen (secondary N) is 1. The highest BCUT2D eigenvalue weighted by Crippen LogP contribution is 2.43. The van der Waals surface area contributed by atoms with Crippen molar-refractivity contribution in [1.29, 1.82) is 0 Å². The maximum absolute atomic E-state index is 13.0. The molecule has 0 spiro atoms. The second-order valence-electron chi connectivity index (χ2n) is 6.72. The number of halogens is 3. The lowest BCUT2D eigenvalue weighted by molar-refractivity contribution is -0.257. The van der Waals surface area contributed by atoms with Crippen molar-refractivity contribution in [3.05, 3.63) is 30.5 Å². The molecule has 0 aliphatic heterocycles. The van der Waals surface area contributed by atoms with E-state index in [1.807, 2.05) is 0 Å². The second-order valence-corrected chi connectivity index (χ2v) is 6.72. The summed E-state index contributed by atoms with van der Waals surface area (Å²) in [7, 11) is 1.56. The lowest BCUT2D eigenvalue weighted by Gasteiger charge is -2.25. The van der Waals surface area contributed by atoms with Gasteiger partial charge in [0, 0.05) is 12.5 Å². The molecule has 0 saturated heterocycles. The second kappa shape index (κ2) is 6.59. The SMILES string of the molecule is COc1ccc(-n2nnc3cnc(N[C@H]4CC[C@](O)(C(F)(F)F)C4)nc32)cc1. The Morgan fingerprint density at radius 3 is 2.68 bits per heavy atom. The Labute approximate surface area is 157 Å². The zero-order valence-electron chi connectivity index (χ0n) is 14.8. The first kappa shape index (κ1) is 18.4. The summed E-state index contributed by atoms with van der Waals surface area (Å²) in [6.45, 7) is 0. The largest absolute Gasteiger partial charge is 0.497 e. The number of rotatable bonds is 4. The van der Waals surface area contributed by atoms with Gasteiger partial charge in [-0.15, -0.1) is 5.10 Å². The molecule has 2 heterocycles. The molecule has 28 heavy (non-hydrogen) atoms. The Morgan fingerprint density at radius 1 is 1.29 bits per heavy atom. The summed E-state index contributed by atoms with van der Waals surface area (Å²) in [6, 6.07) is 6.50. The van der Waals surface area contributed by atoms with E-state index in [0.717, 1.165) is 0 Å². The van der Waals surface area contributed by atoms with Crippen LogP contribution in [0.3, 0.4) is 0 Å². The quantitative estimate of drug-likeness (QED) is 0.702. The highest BCUT2D eigenvalue weighted by molar-refractivity contribution is 5.72. The summed E-state index contributed by atoms with van der Waals surface area (Å²) in [5, 5.41) is 20.7. The van der Waals surface area contributed by atoms with Crippen molar-refractivity contribution in [2.24, 2.45) is 0 Å². The number of ether oxygens (including phenoxy) is 1. The molecule has 1 aliphatic carbocycles. The predicted molar refractivity (Wildman–Crippen MR) is 93.3 cm³/mol. The molecule has 8 nitrogen and oxygen atoms in total. The van der Waals surface area contributed by atoms with E-state index >= 15 is 0 Å². The van der Waals surface area contributed by atoms with Gasteiger partial charge in [-0.05, 0) is 37.1 Å². The molecule has 1 fully saturated rings. The van der Waals surface area contributed by atoms with Crippen LogP contribution in [0.1, 0.15) is 19.3 Å². The van der Waals surface area contributed by atoms with Crippen LogP contribution >= 0.6 is 0 Å². The van der Waals surface area contributed by atoms with E-state index in [0.29, 0.717) is 22.6 Å². The molecular weight excluding hydrogens is 377 g/mol. The van der Waals surface area contributed by atoms with Crippen LogP contribution in [0.2, 0.25) is 0 Å². The molecule has 1 aromatic carbocycles. The Kier molecular flexibility index (Phi) is 4.33. The first-order valence-corrected chi connectivity index (χ1v) is 8.58. The lowest BCUT2D eigenvalue weighted by atomic mass is 10.0. The van der Waals surface area contributed by atoms with Crippen LogP contribution in [0.5, 0.6) is 5.75 Å². The predicted octanol–water partition coefficient (Wildman–Crippen LogP) is 2.48. The molecule has 2 aromatic heterocycles. The Morgan fingerprint density at radius 2 is 2.04 bits per heavy atom. The fraction of sp³-hybridized carbons (Fsp3) is 0.412. The summed E-state index contributed by atoms with van der Waals surface area (Å²) in [4.78, 5) is 8.44. The van der Waals surface area contributed by atoms with Gasteiger partial charge in [0.2, 0.25) is 5.95 Å². The van der Waals surface area contributed by atoms with E-state index in [9.17, 15) is 18.3 Å². The van der Waals surface area contributed by atoms with E-state index in [-0.39, 0.29) is 18.8 Å². The van der Waals surface area contributed by atoms with Crippen molar-refractivity contribution in [1.82, 2.24) is 25.0 Å². The molecule has 148 valence electrons. The number of methoxy groups -OCH3 is 1. The Hall–Kier alpha value is -2.95. The number of aromatic nitrogens is 5. The first-order valence-electron chi connectivity index (χ1n) is 8.58. The minimum atomic E-state index is -4.66. The van der Waals surface area contributed by atoms with Crippen LogP contribution < -0.4 is 10.1 Å². The van der Waals surface area contributed by atoms with Crippen molar-refractivity contribution < 1.29 is 23.0 Å². The number of nitrogens with zero attached hydrogens (tertiary/aromatic N) is 5. The Bertz CT molecular complexity index is 991. The number of alkyl halides is 3. The zero-order valence-corrected chi connectivity index (χ0v) is 14.8. The maximum atomic E-state index is 13.0. The number of hydrogen-bond acceptors (Lipinski definition) is 7. The number of hydrogen-bond donors (Lipinski definition) is 2. The van der Waals surface area contributed by atoms with Gasteiger partial charge in [-0.25, -0.2) is 4.98 Å². The van der Waals surface area contributed by atoms with Crippen molar-refractivity contribution in [2.75, 3.05) is 12.4 Å². The highest BCUT2D eigenvalue weighted by atomic mass is 19.4. The summed E-state index contributed by atoms with van der Waals surface area (Å²) >= 11 is 0. The monoisotopic (exact) mass is 394 g/mol. The molecule has 1 aliphatic rings. The minimum Gasteiger partial charge on any atom is -0.497 e. The molecule has 0 bridgehead atoms. The number of benzene rings is 1. The first-order chi connectivity index (χ1) is 13.3. The van der Waals surface area contributed by atoms with Crippen molar-refractivity contribution in [3.8, 4) is 11.4 Å². The lowest BCUT2D eigenvalue weighted by Crippen LogP contribution is -2.43. The summed E-state index contributed by atoms with van der Waals surface area (Å²) in [5.74, 6) is 0.838. The molecule has 2 N–H and O–H groups in total. The third-order valence-electron chi connectivity index (χ3n) is 4.86. The standard InChI is InChI=1S/C17H17F3N6O2/c1-28-12-4-2-11(3-5-12)26-14-13(24-25-26)9-21-15(23-14)22-10-6-7-16(27,8-10)17(18,19)20/h2-5,9-10,27H,6-8H2,1H3,(H,21,22,23)/t10-,16+/m0/s1. The molecule has 2 atom stereocenters. The fourth-order valence-electron chi connectivity index (χ4n) is 3.28. The van der Waals surface area contributed by atoms with E-state index in [2.05, 4.69) is 25.6 Å². The van der Waals surface area contributed by atoms with Gasteiger partial charge in [0.1, 0.15) is 5.75 Å². The van der Waals surface area contributed by atoms with Crippen molar-refractivity contribution in [2.45, 2.75) is 37.1 Å². The molecule has 11 heteroatoms. The summed E-state index contributed by atoms with van der Waals surface area (Å²) < 4.78 is 45.6. The zero-order chi connectivity index (χ0) is 19.9. The van der Waals surface area contributed by atoms with Gasteiger partial charge in [0.15, 0.2) is 16.8 Å². The molecule has 3 aromatic rings. The van der Waals surface area contributed by atoms with E-state index < -0.39 is 24.2 Å². The average molecular weight is 394 g/mol. The van der Waals surface area contributed by atoms with Crippen molar-refractivity contribution in [3.63, 3.8) is 0 Å². The van der Waals surface area contributed by atoms with Gasteiger partial charge in [-0.3, -0.25) is 0 Å². The van der Waals surface area contributed by atoms with Crippen LogP contribution in [0.4, 0.5) is 19.1 Å². The molecule has 0 amide bonds. The van der Waals surface area contributed by atoms with Gasteiger partial charge < -0.3 is 15.2 Å². The summed E-state index contributed by atoms with van der Waals surface area (Å²) in [5.41, 5.74) is -1.13. The van der Waals surface area contributed by atoms with Crippen LogP contribution in [0.15, 0.2) is 30.5 Å². The van der Waals surface area contributed by atoms with Crippen LogP contribution in [0.25, 0.3) is 16.9 Å². The maximum Gasteiger partial charge on any atom is 0.417 e. The van der Waals surface area contributed by atoms with Gasteiger partial charge in [-0.1, -0.05) is 5.21 Å². The number of fused-ring (bicyclic) bond motifs is 1. The Balaban J connectivity index is 1.58. The van der Waals surface area contributed by atoms with Crippen LogP contribution in [-0.4, -0.2) is 55.0 Å². The van der Waals surface area contributed by atoms with Gasteiger partial charge in [-0.2, -0.15) is 22.8 Å². The molecule has 0 unspecified atom stereocenters. The van der Waals surface area contributed by atoms with Crippen LogP contribution in [-0.2, 0) is 0 Å². The van der Waals surface area contributed by atoms with Gasteiger partial charge >= 0.3 is 6.18 Å². The van der Waals surface area contributed by atoms with E-state index in [1.165, 1.54) is 10.9 Å². The van der Waals surface area contributed by atoms with E-state index in [4.69, 9.17) is 4.74 Å².